The van der Waals surface area contributed by atoms with E-state index >= 15 is 0 Å². The molecule has 0 radical (unpaired) electrons. The lowest BCUT2D eigenvalue weighted by atomic mass is 10.1. The number of amides is 1. The van der Waals surface area contributed by atoms with Crippen LogP contribution in [0.4, 0.5) is 0 Å². The van der Waals surface area contributed by atoms with Gasteiger partial charge in [-0.05, 0) is 48.1 Å². The van der Waals surface area contributed by atoms with Crippen LogP contribution in [0.5, 0.6) is 17.2 Å². The van der Waals surface area contributed by atoms with E-state index in [1.165, 1.54) is 0 Å². The molecule has 0 bridgehead atoms. The van der Waals surface area contributed by atoms with Crippen LogP contribution in [0.2, 0.25) is 0 Å². The van der Waals surface area contributed by atoms with Crippen LogP contribution >= 0.6 is 11.8 Å². The predicted octanol–water partition coefficient (Wildman–Crippen LogP) is 5.49. The van der Waals surface area contributed by atoms with Gasteiger partial charge in [-0.15, -0.1) is 0 Å². The Kier molecular flexibility index (Phi) is 8.46. The smallest absolute Gasteiger partial charge is 0.251 e. The minimum Gasteiger partial charge on any atom is -0.513 e. The zero-order valence-corrected chi connectivity index (χ0v) is 18.3. The average Bonchev–Trinajstić information content (AvgIpc) is 2.67. The van der Waals surface area contributed by atoms with Crippen molar-refractivity contribution < 1.29 is 19.4 Å². The number of benzene rings is 2. The first-order valence-electron chi connectivity index (χ1n) is 9.58. The number of thioether (sulfide) groups is 1. The molecular formula is C23H29NO4S. The Bertz CT molecular complexity index is 864. The van der Waals surface area contributed by atoms with Crippen LogP contribution in [0, 0.1) is 0 Å². The van der Waals surface area contributed by atoms with Crippen LogP contribution in [0.3, 0.4) is 0 Å². The Balaban J connectivity index is 2.39. The van der Waals surface area contributed by atoms with Crippen LogP contribution in [-0.4, -0.2) is 29.9 Å². The molecule has 0 heterocycles. The molecule has 0 saturated heterocycles. The van der Waals surface area contributed by atoms with E-state index in [1.54, 1.807) is 31.0 Å². The van der Waals surface area contributed by atoms with E-state index in [9.17, 15) is 9.90 Å². The maximum atomic E-state index is 12.2. The van der Waals surface area contributed by atoms with E-state index < -0.39 is 0 Å². The Morgan fingerprint density at radius 2 is 1.90 bits per heavy atom. The lowest BCUT2D eigenvalue weighted by Crippen LogP contribution is -2.22. The molecule has 0 unspecified atom stereocenters. The summed E-state index contributed by atoms with van der Waals surface area (Å²) in [5.41, 5.74) is 2.41. The van der Waals surface area contributed by atoms with Crippen LogP contribution in [-0.2, 0) is 12.2 Å². The number of methoxy groups -OCH3 is 1. The van der Waals surface area contributed by atoms with Gasteiger partial charge in [-0.25, -0.2) is 0 Å². The number of hydrogen-bond donors (Lipinski definition) is 2. The van der Waals surface area contributed by atoms with Crippen molar-refractivity contribution in [3.05, 3.63) is 65.4 Å². The number of aliphatic hydroxyl groups excluding tert-OH is 1. The topological polar surface area (TPSA) is 67.8 Å². The van der Waals surface area contributed by atoms with Gasteiger partial charge in [0.25, 0.3) is 5.91 Å². The van der Waals surface area contributed by atoms with Crippen LogP contribution in [0.25, 0.3) is 0 Å². The first-order chi connectivity index (χ1) is 13.8. The second kappa shape index (κ2) is 10.8. The summed E-state index contributed by atoms with van der Waals surface area (Å²) in [5.74, 6) is 2.51. The highest BCUT2D eigenvalue weighted by atomic mass is 32.2. The number of nitrogens with one attached hydrogen (secondary N) is 1. The van der Waals surface area contributed by atoms with Crippen LogP contribution in [0.1, 0.15) is 42.3 Å². The molecule has 0 atom stereocenters. The first-order valence-corrected chi connectivity index (χ1v) is 10.6. The molecule has 0 saturated carbocycles. The summed E-state index contributed by atoms with van der Waals surface area (Å²) >= 11 is 1.78. The summed E-state index contributed by atoms with van der Waals surface area (Å²) in [6.07, 6.45) is 0.340. The van der Waals surface area contributed by atoms with Crippen molar-refractivity contribution in [3.63, 3.8) is 0 Å². The second-order valence-electron chi connectivity index (χ2n) is 6.87. The molecule has 5 nitrogen and oxygen atoms in total. The van der Waals surface area contributed by atoms with Gasteiger partial charge >= 0.3 is 0 Å². The van der Waals surface area contributed by atoms with Crippen molar-refractivity contribution in [2.24, 2.45) is 0 Å². The van der Waals surface area contributed by atoms with E-state index in [0.717, 1.165) is 16.9 Å². The highest BCUT2D eigenvalue weighted by molar-refractivity contribution is 7.99. The molecule has 0 aliphatic rings. The third-order valence-corrected chi connectivity index (χ3v) is 5.23. The monoisotopic (exact) mass is 415 g/mol. The average molecular weight is 416 g/mol. The van der Waals surface area contributed by atoms with Gasteiger partial charge < -0.3 is 19.9 Å². The van der Waals surface area contributed by atoms with Gasteiger partial charge in [0.1, 0.15) is 5.75 Å². The molecule has 0 fully saturated rings. The lowest BCUT2D eigenvalue weighted by molar-refractivity contribution is 0.0955. The lowest BCUT2D eigenvalue weighted by Gasteiger charge is -2.16. The molecule has 0 spiro atoms. The van der Waals surface area contributed by atoms with Crippen molar-refractivity contribution in [1.82, 2.24) is 5.32 Å². The molecule has 2 aromatic rings. The number of aliphatic hydroxyl groups is 1. The van der Waals surface area contributed by atoms with E-state index in [2.05, 4.69) is 25.7 Å². The molecule has 0 aromatic heterocycles. The standard InChI is InChI=1S/C23H29NO4S/c1-6-24-23(26)18-8-10-20(19(13-18)14-29-15(2)3)28-22-12-17(11-16(4)25)7-9-21(22)27-5/h7-10,12-13,15,25H,4,6,11,14H2,1-3,5H3,(H,24,26). The van der Waals surface area contributed by atoms with Gasteiger partial charge in [0.05, 0.1) is 12.9 Å². The molecule has 29 heavy (non-hydrogen) atoms. The van der Waals surface area contributed by atoms with Crippen molar-refractivity contribution in [1.29, 1.82) is 0 Å². The fraction of sp³-hybridized carbons (Fsp3) is 0.348. The first kappa shape index (κ1) is 22.7. The zero-order valence-electron chi connectivity index (χ0n) is 17.5. The number of carbonyl (C=O) groups is 1. The van der Waals surface area contributed by atoms with E-state index in [-0.39, 0.29) is 11.7 Å². The third-order valence-electron chi connectivity index (χ3n) is 4.09. The molecule has 6 heteroatoms. The predicted molar refractivity (Wildman–Crippen MR) is 119 cm³/mol. The van der Waals surface area contributed by atoms with E-state index in [0.29, 0.717) is 41.0 Å². The number of ether oxygens (including phenoxy) is 2. The molecule has 1 amide bonds. The van der Waals surface area contributed by atoms with Gasteiger partial charge in [0, 0.05) is 29.8 Å². The van der Waals surface area contributed by atoms with E-state index in [1.807, 2.05) is 31.2 Å². The van der Waals surface area contributed by atoms with Crippen LogP contribution < -0.4 is 14.8 Å². The zero-order chi connectivity index (χ0) is 21.4. The number of carbonyl (C=O) groups excluding carboxylic acids is 1. The summed E-state index contributed by atoms with van der Waals surface area (Å²) in [7, 11) is 1.58. The van der Waals surface area contributed by atoms with Crippen molar-refractivity contribution in [2.45, 2.75) is 38.2 Å². The number of allylic oxidation sites excluding steroid dienone is 1. The Labute approximate surface area is 177 Å². The SMILES string of the molecule is C=C(O)Cc1ccc(OC)c(Oc2ccc(C(=O)NCC)cc2CSC(C)C)c1. The summed E-state index contributed by atoms with van der Waals surface area (Å²) in [5, 5.41) is 12.8. The van der Waals surface area contributed by atoms with Gasteiger partial charge in [0.2, 0.25) is 0 Å². The van der Waals surface area contributed by atoms with Crippen molar-refractivity contribution in [2.75, 3.05) is 13.7 Å². The Morgan fingerprint density at radius 3 is 2.52 bits per heavy atom. The normalized spacial score (nSPS) is 10.7. The van der Waals surface area contributed by atoms with Crippen molar-refractivity contribution >= 4 is 17.7 Å². The van der Waals surface area contributed by atoms with Crippen LogP contribution in [0.15, 0.2) is 48.7 Å². The fourth-order valence-electron chi connectivity index (χ4n) is 2.72. The van der Waals surface area contributed by atoms with Gasteiger partial charge in [-0.3, -0.25) is 4.79 Å². The molecule has 2 N–H and O–H groups in total. The third kappa shape index (κ3) is 6.75. The largest absolute Gasteiger partial charge is 0.513 e. The Morgan fingerprint density at radius 1 is 1.17 bits per heavy atom. The fourth-order valence-corrected chi connectivity index (χ4v) is 3.46. The quantitative estimate of drug-likeness (QED) is 0.502. The van der Waals surface area contributed by atoms with E-state index in [4.69, 9.17) is 9.47 Å². The Hall–Kier alpha value is -2.60. The highest BCUT2D eigenvalue weighted by Gasteiger charge is 2.14. The highest BCUT2D eigenvalue weighted by Crippen LogP contribution is 2.36. The van der Waals surface area contributed by atoms with Gasteiger partial charge in [-0.2, -0.15) is 11.8 Å². The molecule has 156 valence electrons. The van der Waals surface area contributed by atoms with Crippen molar-refractivity contribution in [3.8, 4) is 17.2 Å². The minimum atomic E-state index is -0.101. The van der Waals surface area contributed by atoms with Gasteiger partial charge in [0.15, 0.2) is 11.5 Å². The minimum absolute atomic E-state index is 0.0847. The second-order valence-corrected chi connectivity index (χ2v) is 8.44. The molecule has 0 aliphatic carbocycles. The summed E-state index contributed by atoms with van der Waals surface area (Å²) in [6, 6.07) is 11.0. The maximum Gasteiger partial charge on any atom is 0.251 e. The molecule has 0 aliphatic heterocycles. The maximum absolute atomic E-state index is 12.2. The number of rotatable bonds is 10. The van der Waals surface area contributed by atoms with Gasteiger partial charge in [-0.1, -0.05) is 26.5 Å². The summed E-state index contributed by atoms with van der Waals surface area (Å²) in [4.78, 5) is 12.2. The summed E-state index contributed by atoms with van der Waals surface area (Å²) < 4.78 is 11.6. The summed E-state index contributed by atoms with van der Waals surface area (Å²) in [6.45, 7) is 10.3. The molecular weight excluding hydrogens is 386 g/mol. The number of hydrogen-bond acceptors (Lipinski definition) is 5. The molecule has 2 aromatic carbocycles. The molecule has 2 rings (SSSR count).